The molecule has 1 unspecified atom stereocenters. The average Bonchev–Trinajstić information content (AvgIpc) is 2.92. The van der Waals surface area contributed by atoms with E-state index in [1.165, 1.54) is 0 Å². The summed E-state index contributed by atoms with van der Waals surface area (Å²) >= 11 is 1.11. The number of esters is 1. The van der Waals surface area contributed by atoms with Crippen molar-refractivity contribution in [2.75, 3.05) is 50.9 Å². The van der Waals surface area contributed by atoms with Gasteiger partial charge in [0.1, 0.15) is 5.82 Å². The molecule has 8 nitrogen and oxygen atoms in total. The summed E-state index contributed by atoms with van der Waals surface area (Å²) in [6, 6.07) is 7.90. The summed E-state index contributed by atoms with van der Waals surface area (Å²) in [6.45, 7) is 4.75. The van der Waals surface area contributed by atoms with Crippen LogP contribution in [-0.4, -0.2) is 72.7 Å². The molecule has 0 N–H and O–H groups in total. The van der Waals surface area contributed by atoms with Crippen LogP contribution in [0.2, 0.25) is 0 Å². The van der Waals surface area contributed by atoms with E-state index in [0.717, 1.165) is 29.8 Å². The number of hydrogen-bond donors (Lipinski definition) is 0. The quantitative estimate of drug-likeness (QED) is 0.297. The van der Waals surface area contributed by atoms with Crippen LogP contribution in [0.25, 0.3) is 0 Å². The first-order valence-corrected chi connectivity index (χ1v) is 13.2. The highest BCUT2D eigenvalue weighted by atomic mass is 32.2. The molecule has 0 radical (unpaired) electrons. The maximum Gasteiger partial charge on any atom is 0.433 e. The summed E-state index contributed by atoms with van der Waals surface area (Å²) in [6.07, 6.45) is -3.15. The predicted molar refractivity (Wildman–Crippen MR) is 131 cm³/mol. The SMILES string of the molecule is CCOC(=O)C1CCCN(C(=O)c2ccc(CSc3nc(N4CCOCC4)cc(C(F)(F)F)n3)cc2)C1. The van der Waals surface area contributed by atoms with Gasteiger partial charge in [0.15, 0.2) is 10.9 Å². The summed E-state index contributed by atoms with van der Waals surface area (Å²) in [4.78, 5) is 36.5. The second kappa shape index (κ2) is 12.1. The molecule has 37 heavy (non-hydrogen) atoms. The highest BCUT2D eigenvalue weighted by Crippen LogP contribution is 2.32. The van der Waals surface area contributed by atoms with Gasteiger partial charge in [0, 0.05) is 43.6 Å². The topological polar surface area (TPSA) is 84.9 Å². The lowest BCUT2D eigenvalue weighted by Gasteiger charge is -2.31. The predicted octanol–water partition coefficient (Wildman–Crippen LogP) is 4.04. The van der Waals surface area contributed by atoms with E-state index in [1.54, 1.807) is 41.0 Å². The summed E-state index contributed by atoms with van der Waals surface area (Å²) in [5.74, 6) is -0.183. The van der Waals surface area contributed by atoms with Gasteiger partial charge in [0.05, 0.1) is 25.7 Å². The number of alkyl halides is 3. The van der Waals surface area contributed by atoms with Crippen LogP contribution in [0.1, 0.15) is 41.4 Å². The Labute approximate surface area is 217 Å². The maximum atomic E-state index is 13.5. The number of benzene rings is 1. The third-order valence-electron chi connectivity index (χ3n) is 6.21. The fourth-order valence-electron chi connectivity index (χ4n) is 4.27. The fourth-order valence-corrected chi connectivity index (χ4v) is 5.07. The summed E-state index contributed by atoms with van der Waals surface area (Å²) in [5.41, 5.74) is 0.330. The number of halogens is 3. The van der Waals surface area contributed by atoms with Crippen molar-refractivity contribution in [1.82, 2.24) is 14.9 Å². The Hall–Kier alpha value is -2.86. The number of anilines is 1. The molecule has 1 amide bonds. The van der Waals surface area contributed by atoms with Gasteiger partial charge in [-0.25, -0.2) is 9.97 Å². The van der Waals surface area contributed by atoms with Crippen molar-refractivity contribution >= 4 is 29.5 Å². The van der Waals surface area contributed by atoms with Crippen LogP contribution in [0.15, 0.2) is 35.5 Å². The molecule has 3 heterocycles. The Balaban J connectivity index is 1.40. The zero-order valence-electron chi connectivity index (χ0n) is 20.5. The van der Waals surface area contributed by atoms with Crippen molar-refractivity contribution in [3.8, 4) is 0 Å². The Morgan fingerprint density at radius 1 is 1.14 bits per heavy atom. The molecule has 0 spiro atoms. The number of ether oxygens (including phenoxy) is 2. The molecule has 1 atom stereocenters. The number of thioether (sulfide) groups is 1. The van der Waals surface area contributed by atoms with Crippen molar-refractivity contribution in [2.45, 2.75) is 36.9 Å². The largest absolute Gasteiger partial charge is 0.466 e. The number of likely N-dealkylation sites (tertiary alicyclic amines) is 1. The van der Waals surface area contributed by atoms with Crippen LogP contribution >= 0.6 is 11.8 Å². The lowest BCUT2D eigenvalue weighted by atomic mass is 9.97. The molecule has 2 aromatic rings. The number of rotatable bonds is 7. The van der Waals surface area contributed by atoms with Gasteiger partial charge >= 0.3 is 12.1 Å². The van der Waals surface area contributed by atoms with Crippen molar-refractivity contribution < 1.29 is 32.2 Å². The third-order valence-corrected chi connectivity index (χ3v) is 7.13. The Kier molecular flexibility index (Phi) is 8.91. The van der Waals surface area contributed by atoms with E-state index in [9.17, 15) is 22.8 Å². The summed E-state index contributed by atoms with van der Waals surface area (Å²) in [5, 5.41) is 0.0368. The Morgan fingerprint density at radius 3 is 2.54 bits per heavy atom. The lowest BCUT2D eigenvalue weighted by Crippen LogP contribution is -2.42. The number of aromatic nitrogens is 2. The number of amides is 1. The van der Waals surface area contributed by atoms with Crippen molar-refractivity contribution in [3.05, 3.63) is 47.2 Å². The van der Waals surface area contributed by atoms with Crippen molar-refractivity contribution in [1.29, 1.82) is 0 Å². The molecule has 0 aliphatic carbocycles. The number of carbonyl (C=O) groups is 2. The van der Waals surface area contributed by atoms with Crippen LogP contribution in [0.5, 0.6) is 0 Å². The van der Waals surface area contributed by atoms with Crippen LogP contribution in [0, 0.1) is 5.92 Å². The van der Waals surface area contributed by atoms with E-state index in [4.69, 9.17) is 9.47 Å². The van der Waals surface area contributed by atoms with E-state index in [0.29, 0.717) is 63.7 Å². The molecule has 12 heteroatoms. The van der Waals surface area contributed by atoms with Gasteiger partial charge < -0.3 is 19.3 Å². The van der Waals surface area contributed by atoms with Gasteiger partial charge in [0.2, 0.25) is 0 Å². The number of morpholine rings is 1. The van der Waals surface area contributed by atoms with Crippen LogP contribution in [0.3, 0.4) is 0 Å². The van der Waals surface area contributed by atoms with Gasteiger partial charge in [-0.05, 0) is 37.5 Å². The minimum atomic E-state index is -4.58. The molecule has 2 fully saturated rings. The van der Waals surface area contributed by atoms with Gasteiger partial charge in [0.25, 0.3) is 5.91 Å². The van der Waals surface area contributed by atoms with Crippen LogP contribution in [0.4, 0.5) is 19.0 Å². The van der Waals surface area contributed by atoms with E-state index in [1.807, 2.05) is 0 Å². The maximum absolute atomic E-state index is 13.5. The van der Waals surface area contributed by atoms with Gasteiger partial charge in [-0.1, -0.05) is 23.9 Å². The Morgan fingerprint density at radius 2 is 1.86 bits per heavy atom. The minimum absolute atomic E-state index is 0.0368. The molecule has 2 aliphatic rings. The first kappa shape index (κ1) is 27.2. The van der Waals surface area contributed by atoms with E-state index in [-0.39, 0.29) is 28.8 Å². The normalized spacial score (nSPS) is 18.5. The summed E-state index contributed by atoms with van der Waals surface area (Å²) < 4.78 is 50.7. The lowest BCUT2D eigenvalue weighted by molar-refractivity contribution is -0.149. The zero-order chi connectivity index (χ0) is 26.4. The highest BCUT2D eigenvalue weighted by Gasteiger charge is 2.34. The number of nitrogens with zero attached hydrogens (tertiary/aromatic N) is 4. The number of hydrogen-bond acceptors (Lipinski definition) is 8. The van der Waals surface area contributed by atoms with E-state index in [2.05, 4.69) is 9.97 Å². The first-order chi connectivity index (χ1) is 17.7. The molecular formula is C25H29F3N4O4S. The minimum Gasteiger partial charge on any atom is -0.466 e. The molecular weight excluding hydrogens is 509 g/mol. The van der Waals surface area contributed by atoms with Crippen LogP contribution < -0.4 is 4.90 Å². The third kappa shape index (κ3) is 7.13. The molecule has 1 aromatic carbocycles. The van der Waals surface area contributed by atoms with Crippen molar-refractivity contribution in [3.63, 3.8) is 0 Å². The van der Waals surface area contributed by atoms with Gasteiger partial charge in [-0.3, -0.25) is 9.59 Å². The molecule has 2 aliphatic heterocycles. The average molecular weight is 539 g/mol. The molecule has 2 saturated heterocycles. The Bertz CT molecular complexity index is 1090. The van der Waals surface area contributed by atoms with E-state index < -0.39 is 11.9 Å². The molecule has 1 aromatic heterocycles. The van der Waals surface area contributed by atoms with Gasteiger partial charge in [-0.15, -0.1) is 0 Å². The fraction of sp³-hybridized carbons (Fsp3) is 0.520. The standard InChI is InChI=1S/C25H29F3N4O4S/c1-2-36-23(34)19-4-3-9-32(15-19)22(33)18-7-5-17(6-8-18)16-37-24-29-20(25(26,27)28)14-21(30-24)31-10-12-35-13-11-31/h5-8,14,19H,2-4,9-13,15-16H2,1H3. The van der Waals surface area contributed by atoms with E-state index >= 15 is 0 Å². The van der Waals surface area contributed by atoms with Crippen LogP contribution in [-0.2, 0) is 26.2 Å². The molecule has 0 saturated carbocycles. The second-order valence-corrected chi connectivity index (χ2v) is 9.76. The number of piperidine rings is 1. The molecule has 200 valence electrons. The monoisotopic (exact) mass is 538 g/mol. The van der Waals surface area contributed by atoms with Crippen molar-refractivity contribution in [2.24, 2.45) is 5.92 Å². The summed E-state index contributed by atoms with van der Waals surface area (Å²) in [7, 11) is 0. The molecule has 4 rings (SSSR count). The van der Waals surface area contributed by atoms with Gasteiger partial charge in [-0.2, -0.15) is 13.2 Å². The highest BCUT2D eigenvalue weighted by molar-refractivity contribution is 7.98. The first-order valence-electron chi connectivity index (χ1n) is 12.2. The zero-order valence-corrected chi connectivity index (χ0v) is 21.3. The number of carbonyl (C=O) groups excluding carboxylic acids is 2. The smallest absolute Gasteiger partial charge is 0.433 e. The second-order valence-electron chi connectivity index (χ2n) is 8.82. The molecule has 0 bridgehead atoms.